The second-order valence-corrected chi connectivity index (χ2v) is 3.30. The zero-order valence-corrected chi connectivity index (χ0v) is 8.83. The van der Waals surface area contributed by atoms with E-state index in [1.807, 2.05) is 18.9 Å². The van der Waals surface area contributed by atoms with Crippen LogP contribution in [0, 0.1) is 0 Å². The number of oxime groups is 1. The molecular weight excluding hydrogens is 194 g/mol. The van der Waals surface area contributed by atoms with E-state index >= 15 is 0 Å². The zero-order chi connectivity index (χ0) is 11.3. The van der Waals surface area contributed by atoms with E-state index in [-0.39, 0.29) is 11.9 Å². The lowest BCUT2D eigenvalue weighted by molar-refractivity contribution is 0.316. The fourth-order valence-electron chi connectivity index (χ4n) is 1.15. The molecule has 0 bridgehead atoms. The Balaban J connectivity index is 2.65. The second-order valence-electron chi connectivity index (χ2n) is 3.30. The Kier molecular flexibility index (Phi) is 3.84. The van der Waals surface area contributed by atoms with Gasteiger partial charge < -0.3 is 15.8 Å². The zero-order valence-electron chi connectivity index (χ0n) is 8.83. The Hall–Kier alpha value is -1.85. The molecular formula is C9H15N5O. The van der Waals surface area contributed by atoms with Gasteiger partial charge in [-0.25, -0.2) is 9.97 Å². The summed E-state index contributed by atoms with van der Waals surface area (Å²) in [5.41, 5.74) is 5.42. The van der Waals surface area contributed by atoms with Crippen molar-refractivity contribution < 1.29 is 5.21 Å². The van der Waals surface area contributed by atoms with E-state index in [1.54, 1.807) is 18.5 Å². The van der Waals surface area contributed by atoms with Crippen LogP contribution in [0.25, 0.3) is 0 Å². The molecule has 0 saturated heterocycles. The quantitative estimate of drug-likeness (QED) is 0.325. The van der Waals surface area contributed by atoms with Crippen molar-refractivity contribution in [3.8, 4) is 0 Å². The van der Waals surface area contributed by atoms with Crippen molar-refractivity contribution in [2.24, 2.45) is 10.9 Å². The van der Waals surface area contributed by atoms with E-state index in [2.05, 4.69) is 15.1 Å². The highest BCUT2D eigenvalue weighted by atomic mass is 16.4. The Morgan fingerprint density at radius 2 is 2.20 bits per heavy atom. The SMILES string of the molecule is CC(CC(N)=NO)N(C)c1ncccn1. The average Bonchev–Trinajstić information content (AvgIpc) is 2.29. The van der Waals surface area contributed by atoms with Crippen LogP contribution >= 0.6 is 0 Å². The highest BCUT2D eigenvalue weighted by Gasteiger charge is 2.13. The molecule has 0 aliphatic carbocycles. The van der Waals surface area contributed by atoms with Gasteiger partial charge in [-0.1, -0.05) is 5.16 Å². The van der Waals surface area contributed by atoms with Crippen LogP contribution in [0.15, 0.2) is 23.6 Å². The van der Waals surface area contributed by atoms with Gasteiger partial charge in [0.25, 0.3) is 0 Å². The van der Waals surface area contributed by atoms with Crippen molar-refractivity contribution in [1.29, 1.82) is 0 Å². The molecule has 1 aromatic heterocycles. The standard InChI is InChI=1S/C9H15N5O/c1-7(6-8(10)13-15)14(2)9-11-4-3-5-12-9/h3-5,7,15H,6H2,1-2H3,(H2,10,13). The van der Waals surface area contributed by atoms with Crippen LogP contribution in [0.3, 0.4) is 0 Å². The van der Waals surface area contributed by atoms with Gasteiger partial charge in [-0.05, 0) is 13.0 Å². The lowest BCUT2D eigenvalue weighted by Crippen LogP contribution is -2.34. The van der Waals surface area contributed by atoms with Gasteiger partial charge in [0.05, 0.1) is 0 Å². The minimum Gasteiger partial charge on any atom is -0.409 e. The Morgan fingerprint density at radius 3 is 2.73 bits per heavy atom. The van der Waals surface area contributed by atoms with Gasteiger partial charge in [0, 0.05) is 31.9 Å². The topological polar surface area (TPSA) is 87.6 Å². The monoisotopic (exact) mass is 209 g/mol. The van der Waals surface area contributed by atoms with E-state index in [4.69, 9.17) is 10.9 Å². The number of hydrogen-bond donors (Lipinski definition) is 2. The molecule has 82 valence electrons. The fraction of sp³-hybridized carbons (Fsp3) is 0.444. The molecule has 0 saturated carbocycles. The average molecular weight is 209 g/mol. The summed E-state index contributed by atoms with van der Waals surface area (Å²) in [6.45, 7) is 1.95. The molecule has 0 fully saturated rings. The van der Waals surface area contributed by atoms with E-state index < -0.39 is 0 Å². The first kappa shape index (κ1) is 11.2. The third kappa shape index (κ3) is 3.08. The van der Waals surface area contributed by atoms with Crippen LogP contribution in [0.1, 0.15) is 13.3 Å². The molecule has 6 heteroatoms. The van der Waals surface area contributed by atoms with Crippen molar-refractivity contribution in [3.05, 3.63) is 18.5 Å². The highest BCUT2D eigenvalue weighted by Crippen LogP contribution is 2.09. The van der Waals surface area contributed by atoms with Crippen molar-refractivity contribution in [2.45, 2.75) is 19.4 Å². The van der Waals surface area contributed by atoms with Gasteiger partial charge >= 0.3 is 0 Å². The number of amidine groups is 1. The van der Waals surface area contributed by atoms with Crippen LogP contribution in [0.4, 0.5) is 5.95 Å². The summed E-state index contributed by atoms with van der Waals surface area (Å²) in [6.07, 6.45) is 3.81. The normalized spacial score (nSPS) is 13.6. The molecule has 0 aliphatic rings. The molecule has 15 heavy (non-hydrogen) atoms. The lowest BCUT2D eigenvalue weighted by atomic mass is 10.2. The van der Waals surface area contributed by atoms with Crippen LogP contribution in [0.2, 0.25) is 0 Å². The molecule has 0 aliphatic heterocycles. The molecule has 3 N–H and O–H groups in total. The van der Waals surface area contributed by atoms with E-state index in [9.17, 15) is 0 Å². The number of anilines is 1. The molecule has 1 atom stereocenters. The Morgan fingerprint density at radius 1 is 1.60 bits per heavy atom. The highest BCUT2D eigenvalue weighted by molar-refractivity contribution is 5.80. The first-order valence-electron chi connectivity index (χ1n) is 4.61. The van der Waals surface area contributed by atoms with Crippen molar-refractivity contribution in [3.63, 3.8) is 0 Å². The first-order valence-corrected chi connectivity index (χ1v) is 4.61. The fourth-order valence-corrected chi connectivity index (χ4v) is 1.15. The number of nitrogens with two attached hydrogens (primary N) is 1. The first-order chi connectivity index (χ1) is 7.15. The molecule has 1 aromatic rings. The van der Waals surface area contributed by atoms with Gasteiger partial charge in [-0.15, -0.1) is 0 Å². The van der Waals surface area contributed by atoms with Gasteiger partial charge in [0.15, 0.2) is 0 Å². The molecule has 0 spiro atoms. The summed E-state index contributed by atoms with van der Waals surface area (Å²) in [7, 11) is 1.87. The van der Waals surface area contributed by atoms with Gasteiger partial charge in [0.1, 0.15) is 5.84 Å². The summed E-state index contributed by atoms with van der Waals surface area (Å²) in [5, 5.41) is 11.4. The summed E-state index contributed by atoms with van der Waals surface area (Å²) < 4.78 is 0. The predicted octanol–water partition coefficient (Wildman–Crippen LogP) is 0.438. The van der Waals surface area contributed by atoms with Crippen molar-refractivity contribution in [1.82, 2.24) is 9.97 Å². The summed E-state index contributed by atoms with van der Waals surface area (Å²) in [6, 6.07) is 1.83. The minimum absolute atomic E-state index is 0.0725. The second kappa shape index (κ2) is 5.14. The van der Waals surface area contributed by atoms with Crippen LogP contribution < -0.4 is 10.6 Å². The van der Waals surface area contributed by atoms with Gasteiger partial charge in [0.2, 0.25) is 5.95 Å². The Bertz CT molecular complexity index is 327. The van der Waals surface area contributed by atoms with Crippen LogP contribution in [-0.2, 0) is 0 Å². The smallest absolute Gasteiger partial charge is 0.225 e. The molecule has 6 nitrogen and oxygen atoms in total. The number of aromatic nitrogens is 2. The third-order valence-electron chi connectivity index (χ3n) is 2.16. The number of rotatable bonds is 4. The van der Waals surface area contributed by atoms with Gasteiger partial charge in [-0.3, -0.25) is 0 Å². The van der Waals surface area contributed by atoms with Gasteiger partial charge in [-0.2, -0.15) is 0 Å². The molecule has 1 unspecified atom stereocenters. The molecule has 1 rings (SSSR count). The Labute approximate surface area is 88.4 Å². The van der Waals surface area contributed by atoms with Crippen molar-refractivity contribution in [2.75, 3.05) is 11.9 Å². The van der Waals surface area contributed by atoms with Crippen molar-refractivity contribution >= 4 is 11.8 Å². The number of nitrogens with zero attached hydrogens (tertiary/aromatic N) is 4. The molecule has 0 amide bonds. The van der Waals surface area contributed by atoms with E-state index in [0.717, 1.165) is 0 Å². The maximum atomic E-state index is 8.45. The number of hydrogen-bond acceptors (Lipinski definition) is 5. The summed E-state index contributed by atoms with van der Waals surface area (Å²) >= 11 is 0. The van der Waals surface area contributed by atoms with Crippen LogP contribution in [0.5, 0.6) is 0 Å². The third-order valence-corrected chi connectivity index (χ3v) is 2.16. The predicted molar refractivity (Wildman–Crippen MR) is 57.9 cm³/mol. The van der Waals surface area contributed by atoms with E-state index in [0.29, 0.717) is 12.4 Å². The lowest BCUT2D eigenvalue weighted by Gasteiger charge is -2.23. The molecule has 1 heterocycles. The maximum absolute atomic E-state index is 8.45. The van der Waals surface area contributed by atoms with E-state index in [1.165, 1.54) is 0 Å². The molecule has 0 radical (unpaired) electrons. The molecule has 0 aromatic carbocycles. The largest absolute Gasteiger partial charge is 0.409 e. The maximum Gasteiger partial charge on any atom is 0.225 e. The van der Waals surface area contributed by atoms with Crippen LogP contribution in [-0.4, -0.2) is 34.1 Å². The minimum atomic E-state index is 0.0725. The summed E-state index contributed by atoms with van der Waals surface area (Å²) in [5.74, 6) is 0.820. The summed E-state index contributed by atoms with van der Waals surface area (Å²) in [4.78, 5) is 10.1.